The van der Waals surface area contributed by atoms with Gasteiger partial charge in [0.05, 0.1) is 6.07 Å². The van der Waals surface area contributed by atoms with Gasteiger partial charge in [-0.05, 0) is 40.3 Å². The fourth-order valence-electron chi connectivity index (χ4n) is 2.47. The average Bonchev–Trinajstić information content (AvgIpc) is 2.75. The zero-order chi connectivity index (χ0) is 11.7. The minimum Gasteiger partial charge on any atom is -0.193 e. The Balaban J connectivity index is 2.18. The van der Waals surface area contributed by atoms with Gasteiger partial charge in [0.1, 0.15) is 0 Å². The van der Waals surface area contributed by atoms with Gasteiger partial charge >= 0.3 is 0 Å². The molecule has 1 nitrogen and oxygen atoms in total. The summed E-state index contributed by atoms with van der Waals surface area (Å²) in [5.74, 6) is 0. The predicted molar refractivity (Wildman–Crippen MR) is 69.3 cm³/mol. The Hall–Kier alpha value is -2.33. The summed E-state index contributed by atoms with van der Waals surface area (Å²) in [6.45, 7) is 0. The summed E-state index contributed by atoms with van der Waals surface area (Å²) in [7, 11) is 0. The van der Waals surface area contributed by atoms with E-state index in [1.807, 2.05) is 12.1 Å². The van der Waals surface area contributed by atoms with Gasteiger partial charge in [0.2, 0.25) is 0 Å². The lowest BCUT2D eigenvalue weighted by atomic mass is 10.0. The largest absolute Gasteiger partial charge is 0.193 e. The van der Waals surface area contributed by atoms with E-state index in [2.05, 4.69) is 42.5 Å². The lowest BCUT2D eigenvalue weighted by molar-refractivity contribution is 1.25. The third-order valence-electron chi connectivity index (χ3n) is 3.22. The molecule has 0 amide bonds. The second kappa shape index (κ2) is 3.92. The van der Waals surface area contributed by atoms with Crippen molar-refractivity contribution in [2.75, 3.05) is 0 Å². The van der Waals surface area contributed by atoms with Crippen LogP contribution in [0.3, 0.4) is 0 Å². The van der Waals surface area contributed by atoms with E-state index in [0.717, 1.165) is 12.0 Å². The van der Waals surface area contributed by atoms with E-state index >= 15 is 0 Å². The first-order valence-corrected chi connectivity index (χ1v) is 5.66. The Morgan fingerprint density at radius 3 is 2.71 bits per heavy atom. The molecule has 1 heteroatoms. The van der Waals surface area contributed by atoms with Crippen LogP contribution in [0.4, 0.5) is 0 Å². The monoisotopic (exact) mass is 217 g/mol. The van der Waals surface area contributed by atoms with Crippen molar-refractivity contribution in [3.8, 4) is 17.2 Å². The van der Waals surface area contributed by atoms with E-state index in [-0.39, 0.29) is 0 Å². The number of hydrogen-bond donors (Lipinski definition) is 0. The van der Waals surface area contributed by atoms with E-state index in [9.17, 15) is 0 Å². The first kappa shape index (κ1) is 9.86. The minimum absolute atomic E-state index is 0.970. The molecule has 2 aromatic rings. The summed E-state index contributed by atoms with van der Waals surface area (Å²) < 4.78 is 0. The van der Waals surface area contributed by atoms with Gasteiger partial charge in [-0.3, -0.25) is 0 Å². The van der Waals surface area contributed by atoms with Gasteiger partial charge in [0.15, 0.2) is 0 Å². The zero-order valence-corrected chi connectivity index (χ0v) is 9.35. The molecule has 0 N–H and O–H groups in total. The number of allylic oxidation sites excluding steroid dienone is 1. The maximum Gasteiger partial charge on any atom is 0.0912 e. The summed E-state index contributed by atoms with van der Waals surface area (Å²) in [6.07, 6.45) is 4.40. The molecule has 0 atom stereocenters. The van der Waals surface area contributed by atoms with Gasteiger partial charge in [0.25, 0.3) is 0 Å². The Morgan fingerprint density at radius 2 is 1.82 bits per heavy atom. The van der Waals surface area contributed by atoms with Crippen LogP contribution in [-0.4, -0.2) is 0 Å². The Kier molecular flexibility index (Phi) is 2.27. The topological polar surface area (TPSA) is 23.8 Å². The van der Waals surface area contributed by atoms with Crippen LogP contribution in [0.15, 0.2) is 48.5 Å². The molecule has 3 rings (SSSR count). The van der Waals surface area contributed by atoms with Crippen molar-refractivity contribution in [1.29, 1.82) is 5.26 Å². The van der Waals surface area contributed by atoms with Crippen LogP contribution in [0, 0.1) is 11.3 Å². The molecule has 1 aliphatic carbocycles. The molecule has 0 aromatic heterocycles. The normalized spacial score (nSPS) is 12.2. The van der Waals surface area contributed by atoms with Crippen LogP contribution in [0.1, 0.15) is 16.7 Å². The first-order chi connectivity index (χ1) is 8.40. The van der Waals surface area contributed by atoms with Crippen molar-refractivity contribution in [2.45, 2.75) is 6.42 Å². The molecule has 80 valence electrons. The number of nitriles is 1. The van der Waals surface area contributed by atoms with Crippen molar-refractivity contribution in [3.05, 3.63) is 65.2 Å². The van der Waals surface area contributed by atoms with E-state index in [0.29, 0.717) is 0 Å². The molecule has 0 aliphatic heterocycles. The maximum atomic E-state index is 8.61. The summed E-state index contributed by atoms with van der Waals surface area (Å²) in [5, 5.41) is 8.61. The van der Waals surface area contributed by atoms with Gasteiger partial charge in [-0.15, -0.1) is 0 Å². The van der Waals surface area contributed by atoms with Crippen LogP contribution < -0.4 is 0 Å². The zero-order valence-electron chi connectivity index (χ0n) is 9.35. The van der Waals surface area contributed by atoms with E-state index < -0.39 is 0 Å². The first-order valence-electron chi connectivity index (χ1n) is 5.66. The molecule has 17 heavy (non-hydrogen) atoms. The molecule has 1 aliphatic rings. The van der Waals surface area contributed by atoms with Crippen molar-refractivity contribution in [2.24, 2.45) is 0 Å². The van der Waals surface area contributed by atoms with Crippen LogP contribution in [-0.2, 0) is 6.42 Å². The molecule has 0 heterocycles. The average molecular weight is 217 g/mol. The molecule has 0 fully saturated rings. The number of nitrogens with zero attached hydrogens (tertiary/aromatic N) is 1. The maximum absolute atomic E-state index is 8.61. The van der Waals surface area contributed by atoms with Crippen LogP contribution in [0.5, 0.6) is 0 Å². The second-order valence-corrected chi connectivity index (χ2v) is 4.17. The van der Waals surface area contributed by atoms with Gasteiger partial charge in [-0.2, -0.15) is 5.26 Å². The highest BCUT2D eigenvalue weighted by Gasteiger charge is 2.18. The molecule has 0 spiro atoms. The van der Waals surface area contributed by atoms with Crippen LogP contribution in [0.25, 0.3) is 17.2 Å². The standard InChI is InChI=1S/C16H11N/c17-10-4-7-12-6-3-9-15-14-8-2-1-5-13(14)11-16(12)15/h1-9H,11H2. The lowest BCUT2D eigenvalue weighted by Gasteiger charge is -2.03. The highest BCUT2D eigenvalue weighted by atomic mass is 14.2. The number of hydrogen-bond acceptors (Lipinski definition) is 1. The number of benzene rings is 2. The van der Waals surface area contributed by atoms with Crippen molar-refractivity contribution < 1.29 is 0 Å². The Bertz CT molecular complexity index is 645. The van der Waals surface area contributed by atoms with Gasteiger partial charge in [-0.1, -0.05) is 42.5 Å². The quantitative estimate of drug-likeness (QED) is 0.569. The highest BCUT2D eigenvalue weighted by Crippen LogP contribution is 2.38. The summed E-state index contributed by atoms with van der Waals surface area (Å²) >= 11 is 0. The number of rotatable bonds is 1. The van der Waals surface area contributed by atoms with Gasteiger partial charge < -0.3 is 0 Å². The highest BCUT2D eigenvalue weighted by molar-refractivity contribution is 5.80. The molecule has 0 radical (unpaired) electrons. The van der Waals surface area contributed by atoms with Crippen molar-refractivity contribution in [3.63, 3.8) is 0 Å². The van der Waals surface area contributed by atoms with E-state index in [1.54, 1.807) is 6.08 Å². The van der Waals surface area contributed by atoms with E-state index in [1.165, 1.54) is 22.3 Å². The number of fused-ring (bicyclic) bond motifs is 3. The van der Waals surface area contributed by atoms with E-state index in [4.69, 9.17) is 5.26 Å². The summed E-state index contributed by atoms with van der Waals surface area (Å²) in [4.78, 5) is 0. The lowest BCUT2D eigenvalue weighted by Crippen LogP contribution is -1.85. The molecule has 0 saturated heterocycles. The SMILES string of the molecule is N#CC=Cc1cccc2c1Cc1ccccc1-2. The Morgan fingerprint density at radius 1 is 1.00 bits per heavy atom. The molecule has 0 unspecified atom stereocenters. The molecule has 0 saturated carbocycles. The molecular formula is C16H11N. The summed E-state index contributed by atoms with van der Waals surface area (Å²) in [5.41, 5.74) is 6.50. The molecule has 0 bridgehead atoms. The Labute approximate surface area is 101 Å². The third kappa shape index (κ3) is 1.55. The van der Waals surface area contributed by atoms with Crippen molar-refractivity contribution >= 4 is 6.08 Å². The smallest absolute Gasteiger partial charge is 0.0912 e. The second-order valence-electron chi connectivity index (χ2n) is 4.17. The summed E-state index contributed by atoms with van der Waals surface area (Å²) in [6, 6.07) is 16.8. The molecule has 2 aromatic carbocycles. The predicted octanol–water partition coefficient (Wildman–Crippen LogP) is 3.79. The fraction of sp³-hybridized carbons (Fsp3) is 0.0625. The van der Waals surface area contributed by atoms with Crippen molar-refractivity contribution in [1.82, 2.24) is 0 Å². The fourth-order valence-corrected chi connectivity index (χ4v) is 2.47. The minimum atomic E-state index is 0.970. The van der Waals surface area contributed by atoms with Gasteiger partial charge in [-0.25, -0.2) is 0 Å². The van der Waals surface area contributed by atoms with Gasteiger partial charge in [0, 0.05) is 6.08 Å². The molecular weight excluding hydrogens is 206 g/mol. The van der Waals surface area contributed by atoms with Crippen LogP contribution >= 0.6 is 0 Å². The third-order valence-corrected chi connectivity index (χ3v) is 3.22. The van der Waals surface area contributed by atoms with Crippen LogP contribution in [0.2, 0.25) is 0 Å².